The SMILES string of the molecule is CN1CCC(CN(C(=O)O)c2c(Cl)cccc2-c2ccc(F)cc2)C1. The lowest BCUT2D eigenvalue weighted by Gasteiger charge is -2.26. The molecule has 3 rings (SSSR count). The Labute approximate surface area is 151 Å². The molecule has 2 aromatic rings. The van der Waals surface area contributed by atoms with Crippen LogP contribution < -0.4 is 4.90 Å². The number of likely N-dealkylation sites (tertiary alicyclic amines) is 1. The van der Waals surface area contributed by atoms with Gasteiger partial charge in [-0.1, -0.05) is 35.9 Å². The summed E-state index contributed by atoms with van der Waals surface area (Å²) in [6.07, 6.45) is -0.0811. The highest BCUT2D eigenvalue weighted by atomic mass is 35.5. The van der Waals surface area contributed by atoms with Gasteiger partial charge in [-0.25, -0.2) is 9.18 Å². The van der Waals surface area contributed by atoms with Gasteiger partial charge in [0.15, 0.2) is 0 Å². The van der Waals surface area contributed by atoms with Crippen LogP contribution in [-0.4, -0.2) is 42.8 Å². The highest BCUT2D eigenvalue weighted by Gasteiger charge is 2.28. The van der Waals surface area contributed by atoms with Gasteiger partial charge < -0.3 is 10.0 Å². The second-order valence-electron chi connectivity index (χ2n) is 6.45. The third-order valence-corrected chi connectivity index (χ3v) is 4.88. The lowest BCUT2D eigenvalue weighted by Crippen LogP contribution is -2.35. The predicted octanol–water partition coefficient (Wildman–Crippen LogP) is 4.58. The van der Waals surface area contributed by atoms with Crippen molar-refractivity contribution >= 4 is 23.4 Å². The molecule has 0 radical (unpaired) electrons. The zero-order valence-electron chi connectivity index (χ0n) is 14.0. The van der Waals surface area contributed by atoms with Crippen molar-refractivity contribution in [3.63, 3.8) is 0 Å². The van der Waals surface area contributed by atoms with Gasteiger partial charge in [0.1, 0.15) is 5.82 Å². The summed E-state index contributed by atoms with van der Waals surface area (Å²) < 4.78 is 13.2. The van der Waals surface area contributed by atoms with Crippen molar-refractivity contribution in [1.82, 2.24) is 4.90 Å². The summed E-state index contributed by atoms with van der Waals surface area (Å²) in [4.78, 5) is 15.5. The van der Waals surface area contributed by atoms with Gasteiger partial charge in [0.05, 0.1) is 10.7 Å². The molecule has 1 heterocycles. The summed E-state index contributed by atoms with van der Waals surface area (Å²) in [5, 5.41) is 10.2. The van der Waals surface area contributed by atoms with Crippen LogP contribution >= 0.6 is 11.6 Å². The van der Waals surface area contributed by atoms with Crippen LogP contribution in [0.3, 0.4) is 0 Å². The lowest BCUT2D eigenvalue weighted by molar-refractivity contribution is 0.200. The number of anilines is 1. The van der Waals surface area contributed by atoms with Crippen LogP contribution in [0.4, 0.5) is 14.9 Å². The van der Waals surface area contributed by atoms with E-state index < -0.39 is 6.09 Å². The molecule has 0 aliphatic carbocycles. The van der Waals surface area contributed by atoms with E-state index in [4.69, 9.17) is 11.6 Å². The number of hydrogen-bond acceptors (Lipinski definition) is 2. The van der Waals surface area contributed by atoms with Crippen molar-refractivity contribution < 1.29 is 14.3 Å². The van der Waals surface area contributed by atoms with Crippen LogP contribution in [0, 0.1) is 11.7 Å². The third kappa shape index (κ3) is 3.94. The number of para-hydroxylation sites is 1. The highest BCUT2D eigenvalue weighted by molar-refractivity contribution is 6.34. The molecule has 1 aliphatic rings. The fourth-order valence-electron chi connectivity index (χ4n) is 3.35. The number of rotatable bonds is 4. The largest absolute Gasteiger partial charge is 0.465 e. The van der Waals surface area contributed by atoms with Crippen LogP contribution in [0.1, 0.15) is 6.42 Å². The van der Waals surface area contributed by atoms with Crippen molar-refractivity contribution in [2.75, 3.05) is 31.6 Å². The van der Waals surface area contributed by atoms with Crippen LogP contribution in [-0.2, 0) is 0 Å². The standard InChI is InChI=1S/C19H20ClFN2O2/c1-22-10-9-13(11-22)12-23(19(24)25)18-16(3-2-4-17(18)20)14-5-7-15(21)8-6-14/h2-8,13H,9-12H2,1H3,(H,24,25). The monoisotopic (exact) mass is 362 g/mol. The van der Waals surface area contributed by atoms with E-state index in [0.29, 0.717) is 22.8 Å². The van der Waals surface area contributed by atoms with Gasteiger partial charge in [-0.3, -0.25) is 4.90 Å². The Hall–Kier alpha value is -2.11. The summed E-state index contributed by atoms with van der Waals surface area (Å²) in [5.74, 6) is -0.0742. The van der Waals surface area contributed by atoms with Crippen molar-refractivity contribution in [3.05, 3.63) is 53.3 Å². The predicted molar refractivity (Wildman–Crippen MR) is 97.8 cm³/mol. The molecule has 1 saturated heterocycles. The second-order valence-corrected chi connectivity index (χ2v) is 6.86. The molecule has 0 aromatic heterocycles. The topological polar surface area (TPSA) is 43.8 Å². The first-order chi connectivity index (χ1) is 12.0. The molecule has 6 heteroatoms. The second kappa shape index (κ2) is 7.42. The maximum Gasteiger partial charge on any atom is 0.411 e. The van der Waals surface area contributed by atoms with Gasteiger partial charge in [0, 0.05) is 18.7 Å². The Morgan fingerprint density at radius 1 is 1.32 bits per heavy atom. The lowest BCUT2D eigenvalue weighted by atomic mass is 10.0. The molecule has 1 atom stereocenters. The fourth-order valence-corrected chi connectivity index (χ4v) is 3.63. The van der Waals surface area contributed by atoms with Crippen molar-refractivity contribution in [3.8, 4) is 11.1 Å². The summed E-state index contributed by atoms with van der Waals surface area (Å²) in [6, 6.07) is 11.2. The number of carboxylic acid groups (broad SMARTS) is 1. The number of halogens is 2. The Balaban J connectivity index is 2.00. The molecule has 0 bridgehead atoms. The molecule has 0 spiro atoms. The van der Waals surface area contributed by atoms with Crippen LogP contribution in [0.2, 0.25) is 5.02 Å². The van der Waals surface area contributed by atoms with Gasteiger partial charge in [0.2, 0.25) is 0 Å². The van der Waals surface area contributed by atoms with E-state index in [9.17, 15) is 14.3 Å². The molecule has 132 valence electrons. The molecule has 1 amide bonds. The number of nitrogens with zero attached hydrogens (tertiary/aromatic N) is 2. The molecule has 25 heavy (non-hydrogen) atoms. The Morgan fingerprint density at radius 3 is 2.64 bits per heavy atom. The molecular weight excluding hydrogens is 343 g/mol. The molecule has 1 aliphatic heterocycles. The minimum Gasteiger partial charge on any atom is -0.465 e. The minimum atomic E-state index is -1.04. The van der Waals surface area contributed by atoms with Gasteiger partial charge >= 0.3 is 6.09 Å². The average Bonchev–Trinajstić information content (AvgIpc) is 2.98. The van der Waals surface area contributed by atoms with E-state index in [1.807, 2.05) is 13.1 Å². The summed E-state index contributed by atoms with van der Waals surface area (Å²) in [5.41, 5.74) is 1.87. The number of benzene rings is 2. The maximum atomic E-state index is 13.2. The number of amides is 1. The Bertz CT molecular complexity index is 767. The highest BCUT2D eigenvalue weighted by Crippen LogP contribution is 2.38. The zero-order chi connectivity index (χ0) is 18.0. The van der Waals surface area contributed by atoms with Gasteiger partial charge in [-0.15, -0.1) is 0 Å². The molecule has 4 nitrogen and oxygen atoms in total. The van der Waals surface area contributed by atoms with Crippen LogP contribution in [0.15, 0.2) is 42.5 Å². The van der Waals surface area contributed by atoms with Crippen LogP contribution in [0.5, 0.6) is 0 Å². The first kappa shape index (κ1) is 17.7. The summed E-state index contributed by atoms with van der Waals surface area (Å²) >= 11 is 6.37. The fraction of sp³-hybridized carbons (Fsp3) is 0.316. The van der Waals surface area contributed by atoms with E-state index in [1.165, 1.54) is 17.0 Å². The Morgan fingerprint density at radius 2 is 2.04 bits per heavy atom. The Kier molecular flexibility index (Phi) is 5.25. The smallest absolute Gasteiger partial charge is 0.411 e. The van der Waals surface area contributed by atoms with E-state index >= 15 is 0 Å². The summed E-state index contributed by atoms with van der Waals surface area (Å²) in [6.45, 7) is 2.21. The van der Waals surface area contributed by atoms with Gasteiger partial charge in [-0.2, -0.15) is 0 Å². The normalized spacial score (nSPS) is 17.6. The van der Waals surface area contributed by atoms with Crippen molar-refractivity contribution in [1.29, 1.82) is 0 Å². The van der Waals surface area contributed by atoms with Gasteiger partial charge in [-0.05, 0) is 49.7 Å². The van der Waals surface area contributed by atoms with E-state index in [1.54, 1.807) is 24.3 Å². The molecule has 0 saturated carbocycles. The molecular formula is C19H20ClFN2O2. The minimum absolute atomic E-state index is 0.262. The molecule has 2 aromatic carbocycles. The van der Waals surface area contributed by atoms with E-state index in [2.05, 4.69) is 4.90 Å². The number of hydrogen-bond donors (Lipinski definition) is 1. The van der Waals surface area contributed by atoms with E-state index in [-0.39, 0.29) is 11.7 Å². The van der Waals surface area contributed by atoms with Crippen LogP contribution in [0.25, 0.3) is 11.1 Å². The molecule has 1 fully saturated rings. The van der Waals surface area contributed by atoms with Gasteiger partial charge in [0.25, 0.3) is 0 Å². The molecule has 1 unspecified atom stereocenters. The first-order valence-corrected chi connectivity index (χ1v) is 8.57. The first-order valence-electron chi connectivity index (χ1n) is 8.19. The maximum absolute atomic E-state index is 13.2. The average molecular weight is 363 g/mol. The quantitative estimate of drug-likeness (QED) is 0.865. The number of carbonyl (C=O) groups is 1. The third-order valence-electron chi connectivity index (χ3n) is 4.57. The molecule has 1 N–H and O–H groups in total. The van der Waals surface area contributed by atoms with E-state index in [0.717, 1.165) is 25.1 Å². The zero-order valence-corrected chi connectivity index (χ0v) is 14.7. The van der Waals surface area contributed by atoms with Crippen molar-refractivity contribution in [2.45, 2.75) is 6.42 Å². The summed E-state index contributed by atoms with van der Waals surface area (Å²) in [7, 11) is 2.03. The van der Waals surface area contributed by atoms with Crippen molar-refractivity contribution in [2.24, 2.45) is 5.92 Å².